The molecule has 0 spiro atoms. The van der Waals surface area contributed by atoms with Crippen molar-refractivity contribution in [3.63, 3.8) is 0 Å². The van der Waals surface area contributed by atoms with E-state index in [1.807, 2.05) is 0 Å². The molecule has 2 aromatic heterocycles. The fourth-order valence-electron chi connectivity index (χ4n) is 1.25. The number of hydrogen-bond donors (Lipinski definition) is 1. The lowest BCUT2D eigenvalue weighted by Crippen LogP contribution is -2.32. The molecular formula is C10H11N5O3S. The standard InChI is InChI=1S/C10H11N5O3S/c1-15-10(12-13-14-15)19-6-4-11-9(17)8(16)7-3-2-5-18-7/h2-3,5H,4,6H2,1H3,(H,11,17). The Kier molecular flexibility index (Phi) is 4.29. The minimum Gasteiger partial charge on any atom is -0.461 e. The zero-order chi connectivity index (χ0) is 13.7. The Hall–Kier alpha value is -2.16. The van der Waals surface area contributed by atoms with Crippen molar-refractivity contribution < 1.29 is 14.0 Å². The second kappa shape index (κ2) is 6.14. The number of carbonyl (C=O) groups is 2. The molecule has 0 aliphatic rings. The summed E-state index contributed by atoms with van der Waals surface area (Å²) in [5.74, 6) is -0.782. The van der Waals surface area contributed by atoms with Crippen LogP contribution in [-0.2, 0) is 11.8 Å². The molecule has 100 valence electrons. The molecule has 0 unspecified atom stereocenters. The van der Waals surface area contributed by atoms with E-state index < -0.39 is 11.7 Å². The number of tetrazole rings is 1. The summed E-state index contributed by atoms with van der Waals surface area (Å²) in [4.78, 5) is 23.0. The van der Waals surface area contributed by atoms with Gasteiger partial charge in [-0.1, -0.05) is 11.8 Å². The monoisotopic (exact) mass is 281 g/mol. The third-order valence-electron chi connectivity index (χ3n) is 2.15. The highest BCUT2D eigenvalue weighted by atomic mass is 32.2. The van der Waals surface area contributed by atoms with E-state index in [1.165, 1.54) is 28.8 Å². The highest BCUT2D eigenvalue weighted by molar-refractivity contribution is 7.99. The van der Waals surface area contributed by atoms with Gasteiger partial charge in [-0.25, -0.2) is 4.68 Å². The van der Waals surface area contributed by atoms with E-state index >= 15 is 0 Å². The van der Waals surface area contributed by atoms with Gasteiger partial charge in [0.05, 0.1) is 6.26 Å². The van der Waals surface area contributed by atoms with Crippen molar-refractivity contribution in [3.8, 4) is 0 Å². The van der Waals surface area contributed by atoms with Crippen LogP contribution in [0.2, 0.25) is 0 Å². The third-order valence-corrected chi connectivity index (χ3v) is 3.16. The summed E-state index contributed by atoms with van der Waals surface area (Å²) in [5.41, 5.74) is 0. The van der Waals surface area contributed by atoms with Crippen molar-refractivity contribution >= 4 is 23.5 Å². The molecule has 9 heteroatoms. The molecule has 1 amide bonds. The Bertz CT molecular complexity index is 565. The number of aromatic nitrogens is 4. The van der Waals surface area contributed by atoms with Crippen molar-refractivity contribution in [1.82, 2.24) is 25.5 Å². The van der Waals surface area contributed by atoms with Crippen molar-refractivity contribution in [3.05, 3.63) is 24.2 Å². The van der Waals surface area contributed by atoms with Crippen molar-refractivity contribution in [2.75, 3.05) is 12.3 Å². The zero-order valence-corrected chi connectivity index (χ0v) is 10.9. The van der Waals surface area contributed by atoms with E-state index in [9.17, 15) is 9.59 Å². The van der Waals surface area contributed by atoms with Gasteiger partial charge in [0.2, 0.25) is 5.16 Å². The smallest absolute Gasteiger partial charge is 0.295 e. The highest BCUT2D eigenvalue weighted by Gasteiger charge is 2.18. The quantitative estimate of drug-likeness (QED) is 0.341. The van der Waals surface area contributed by atoms with Gasteiger partial charge in [0.15, 0.2) is 5.76 Å². The molecule has 8 nitrogen and oxygen atoms in total. The maximum absolute atomic E-state index is 11.5. The van der Waals surface area contributed by atoms with E-state index in [0.29, 0.717) is 17.5 Å². The Balaban J connectivity index is 1.73. The number of amides is 1. The van der Waals surface area contributed by atoms with Gasteiger partial charge in [-0.05, 0) is 22.6 Å². The van der Waals surface area contributed by atoms with E-state index in [1.54, 1.807) is 13.1 Å². The van der Waals surface area contributed by atoms with Crippen LogP contribution in [-0.4, -0.2) is 44.2 Å². The number of ketones is 1. The van der Waals surface area contributed by atoms with Crippen LogP contribution < -0.4 is 5.32 Å². The molecule has 2 rings (SSSR count). The summed E-state index contributed by atoms with van der Waals surface area (Å²) in [6.07, 6.45) is 1.34. The minimum absolute atomic E-state index is 0.0302. The predicted octanol–water partition coefficient (Wildman–Crippen LogP) is -0.106. The topological polar surface area (TPSA) is 103 Å². The van der Waals surface area contributed by atoms with Gasteiger partial charge < -0.3 is 9.73 Å². The Morgan fingerprint density at radius 1 is 1.53 bits per heavy atom. The fraction of sp³-hybridized carbons (Fsp3) is 0.300. The van der Waals surface area contributed by atoms with Crippen LogP contribution in [0.15, 0.2) is 28.0 Å². The van der Waals surface area contributed by atoms with Gasteiger partial charge in [0.1, 0.15) is 0 Å². The molecule has 0 saturated carbocycles. The molecule has 0 aromatic carbocycles. The fourth-order valence-corrected chi connectivity index (χ4v) is 1.95. The normalized spacial score (nSPS) is 10.4. The molecule has 2 aromatic rings. The first-order valence-electron chi connectivity index (χ1n) is 5.39. The number of nitrogens with one attached hydrogen (secondary N) is 1. The average Bonchev–Trinajstić information content (AvgIpc) is 3.05. The summed E-state index contributed by atoms with van der Waals surface area (Å²) in [7, 11) is 1.72. The second-order valence-corrected chi connectivity index (χ2v) is 4.56. The molecular weight excluding hydrogens is 270 g/mol. The van der Waals surface area contributed by atoms with E-state index in [2.05, 4.69) is 20.8 Å². The Morgan fingerprint density at radius 2 is 2.37 bits per heavy atom. The van der Waals surface area contributed by atoms with Crippen molar-refractivity contribution in [1.29, 1.82) is 0 Å². The molecule has 0 bridgehead atoms. The molecule has 0 aliphatic heterocycles. The lowest BCUT2D eigenvalue weighted by molar-refractivity contribution is -0.117. The van der Waals surface area contributed by atoms with Gasteiger partial charge in [0, 0.05) is 19.3 Å². The summed E-state index contributed by atoms with van der Waals surface area (Å²) in [5, 5.41) is 14.1. The summed E-state index contributed by atoms with van der Waals surface area (Å²) in [6, 6.07) is 3.00. The maximum atomic E-state index is 11.5. The first-order chi connectivity index (χ1) is 9.18. The Morgan fingerprint density at radius 3 is 3.00 bits per heavy atom. The number of furan rings is 1. The molecule has 0 saturated heterocycles. The van der Waals surface area contributed by atoms with Crippen LogP contribution in [0.5, 0.6) is 0 Å². The average molecular weight is 281 g/mol. The van der Waals surface area contributed by atoms with E-state index in [0.717, 1.165) is 0 Å². The lowest BCUT2D eigenvalue weighted by atomic mass is 10.3. The summed E-state index contributed by atoms with van der Waals surface area (Å²) < 4.78 is 6.38. The van der Waals surface area contributed by atoms with Crippen LogP contribution >= 0.6 is 11.8 Å². The van der Waals surface area contributed by atoms with Gasteiger partial charge in [-0.3, -0.25) is 9.59 Å². The molecule has 2 heterocycles. The first-order valence-corrected chi connectivity index (χ1v) is 6.38. The van der Waals surface area contributed by atoms with E-state index in [4.69, 9.17) is 4.42 Å². The maximum Gasteiger partial charge on any atom is 0.295 e. The predicted molar refractivity (Wildman–Crippen MR) is 65.6 cm³/mol. The van der Waals surface area contributed by atoms with Crippen LogP contribution in [0.25, 0.3) is 0 Å². The third kappa shape index (κ3) is 3.41. The minimum atomic E-state index is -0.688. The second-order valence-electron chi connectivity index (χ2n) is 3.50. The van der Waals surface area contributed by atoms with E-state index in [-0.39, 0.29) is 5.76 Å². The van der Waals surface area contributed by atoms with Crippen molar-refractivity contribution in [2.24, 2.45) is 7.05 Å². The summed E-state index contributed by atoms with van der Waals surface area (Å²) in [6.45, 7) is 0.336. The number of carbonyl (C=O) groups excluding carboxylic acids is 2. The molecule has 0 atom stereocenters. The van der Waals surface area contributed by atoms with Gasteiger partial charge in [-0.15, -0.1) is 5.10 Å². The van der Waals surface area contributed by atoms with Gasteiger partial charge in [-0.2, -0.15) is 0 Å². The van der Waals surface area contributed by atoms with Crippen molar-refractivity contribution in [2.45, 2.75) is 5.16 Å². The number of rotatable bonds is 6. The molecule has 1 N–H and O–H groups in total. The Labute approximate surface area is 112 Å². The number of aryl methyl sites for hydroxylation is 1. The summed E-state index contributed by atoms with van der Waals surface area (Å²) >= 11 is 1.38. The lowest BCUT2D eigenvalue weighted by Gasteiger charge is -2.02. The molecule has 0 fully saturated rings. The van der Waals surface area contributed by atoms with Crippen LogP contribution in [0, 0.1) is 0 Å². The highest BCUT2D eigenvalue weighted by Crippen LogP contribution is 2.10. The number of Topliss-reactive ketones (excluding diaryl/α,β-unsaturated/α-hetero) is 1. The first kappa shape index (κ1) is 13.3. The van der Waals surface area contributed by atoms with Gasteiger partial charge in [0.25, 0.3) is 11.7 Å². The number of nitrogens with zero attached hydrogens (tertiary/aromatic N) is 4. The zero-order valence-electron chi connectivity index (χ0n) is 10.1. The molecule has 19 heavy (non-hydrogen) atoms. The van der Waals surface area contributed by atoms with Crippen LogP contribution in [0.3, 0.4) is 0 Å². The van der Waals surface area contributed by atoms with Crippen LogP contribution in [0.1, 0.15) is 10.6 Å². The molecule has 0 aliphatic carbocycles. The number of thioether (sulfide) groups is 1. The number of hydrogen-bond acceptors (Lipinski definition) is 7. The SMILES string of the molecule is Cn1nnnc1SCCNC(=O)C(=O)c1ccco1. The van der Waals surface area contributed by atoms with Crippen LogP contribution in [0.4, 0.5) is 0 Å². The molecule has 0 radical (unpaired) electrons. The van der Waals surface area contributed by atoms with Gasteiger partial charge >= 0.3 is 0 Å². The largest absolute Gasteiger partial charge is 0.461 e.